The van der Waals surface area contributed by atoms with Gasteiger partial charge in [0.05, 0.1) is 18.1 Å². The normalized spacial score (nSPS) is 10.2. The van der Waals surface area contributed by atoms with Crippen molar-refractivity contribution >= 4 is 5.69 Å². The number of halogens is 2. The molecule has 0 aliphatic heterocycles. The number of nitrogens with two attached hydrogens (primary N) is 1. The minimum atomic E-state index is -2.48. The van der Waals surface area contributed by atoms with E-state index >= 15 is 0 Å². The second kappa shape index (κ2) is 3.85. The van der Waals surface area contributed by atoms with E-state index in [1.165, 1.54) is 18.5 Å². The molecule has 1 aromatic rings. The molecule has 2 N–H and O–H groups in total. The molecular weight excluding hydrogens is 166 g/mol. The van der Waals surface area contributed by atoms with Crippen LogP contribution in [0.1, 0.15) is 0 Å². The third-order valence-electron chi connectivity index (χ3n) is 1.11. The predicted octanol–water partition coefficient (Wildman–Crippen LogP) is 1.31. The maximum absolute atomic E-state index is 11.6. The van der Waals surface area contributed by atoms with Gasteiger partial charge in [-0.3, -0.25) is 4.98 Å². The molecule has 0 amide bonds. The molecule has 1 heterocycles. The van der Waals surface area contributed by atoms with E-state index in [0.29, 0.717) is 5.69 Å². The van der Waals surface area contributed by atoms with Crippen LogP contribution in [0.15, 0.2) is 18.5 Å². The molecule has 0 aromatic carbocycles. The Morgan fingerprint density at radius 3 is 2.83 bits per heavy atom. The molecule has 0 unspecified atom stereocenters. The Bertz CT molecular complexity index is 255. The molecule has 0 aliphatic rings. The molecule has 12 heavy (non-hydrogen) atoms. The minimum absolute atomic E-state index is 0.260. The summed E-state index contributed by atoms with van der Waals surface area (Å²) in [5.74, 6) is 0.260. The van der Waals surface area contributed by atoms with Gasteiger partial charge in [-0.05, 0) is 0 Å². The van der Waals surface area contributed by atoms with Crippen molar-refractivity contribution < 1.29 is 13.5 Å². The number of nitrogens with zero attached hydrogens (tertiary/aromatic N) is 1. The number of ether oxygens (including phenoxy) is 1. The average Bonchev–Trinajstić information content (AvgIpc) is 2.01. The zero-order valence-electron chi connectivity index (χ0n) is 6.21. The van der Waals surface area contributed by atoms with Crippen molar-refractivity contribution in [3.05, 3.63) is 18.5 Å². The van der Waals surface area contributed by atoms with Gasteiger partial charge >= 0.3 is 0 Å². The van der Waals surface area contributed by atoms with E-state index in [9.17, 15) is 8.78 Å². The lowest BCUT2D eigenvalue weighted by Gasteiger charge is -2.04. The molecule has 0 aliphatic carbocycles. The zero-order valence-corrected chi connectivity index (χ0v) is 6.21. The number of aromatic nitrogens is 1. The van der Waals surface area contributed by atoms with Crippen LogP contribution in [0.2, 0.25) is 0 Å². The highest BCUT2D eigenvalue weighted by Gasteiger charge is 2.03. The Morgan fingerprint density at radius 1 is 1.50 bits per heavy atom. The van der Waals surface area contributed by atoms with Gasteiger partial charge in [0.25, 0.3) is 6.43 Å². The summed E-state index contributed by atoms with van der Waals surface area (Å²) < 4.78 is 27.9. The highest BCUT2D eigenvalue weighted by Crippen LogP contribution is 2.12. The first-order valence-electron chi connectivity index (χ1n) is 3.30. The predicted molar refractivity (Wildman–Crippen MR) is 40.1 cm³/mol. The lowest BCUT2D eigenvalue weighted by Crippen LogP contribution is -2.07. The summed E-state index contributed by atoms with van der Waals surface area (Å²) >= 11 is 0. The summed E-state index contributed by atoms with van der Waals surface area (Å²) in [5, 5.41) is 0. The van der Waals surface area contributed by atoms with Gasteiger partial charge in [-0.15, -0.1) is 0 Å². The van der Waals surface area contributed by atoms with Crippen LogP contribution in [0.5, 0.6) is 5.75 Å². The molecule has 66 valence electrons. The summed E-state index contributed by atoms with van der Waals surface area (Å²) in [6.45, 7) is -0.634. The molecule has 0 fully saturated rings. The maximum Gasteiger partial charge on any atom is 0.272 e. The first-order valence-corrected chi connectivity index (χ1v) is 3.30. The summed E-state index contributed by atoms with van der Waals surface area (Å²) in [4.78, 5) is 3.67. The van der Waals surface area contributed by atoms with Crippen molar-refractivity contribution in [3.63, 3.8) is 0 Å². The lowest BCUT2D eigenvalue weighted by molar-refractivity contribution is 0.0817. The van der Waals surface area contributed by atoms with Crippen LogP contribution in [-0.2, 0) is 0 Å². The topological polar surface area (TPSA) is 48.1 Å². The smallest absolute Gasteiger partial charge is 0.272 e. The third kappa shape index (κ3) is 2.69. The van der Waals surface area contributed by atoms with E-state index in [1.54, 1.807) is 0 Å². The van der Waals surface area contributed by atoms with Gasteiger partial charge in [-0.2, -0.15) is 0 Å². The number of hydrogen-bond donors (Lipinski definition) is 1. The molecule has 1 rings (SSSR count). The van der Waals surface area contributed by atoms with Crippen molar-refractivity contribution in [2.75, 3.05) is 12.3 Å². The Balaban J connectivity index is 2.52. The summed E-state index contributed by atoms with van der Waals surface area (Å²) in [6, 6.07) is 1.44. The number of hydrogen-bond acceptors (Lipinski definition) is 3. The Morgan fingerprint density at radius 2 is 2.25 bits per heavy atom. The second-order valence-electron chi connectivity index (χ2n) is 2.16. The maximum atomic E-state index is 11.6. The fourth-order valence-electron chi connectivity index (χ4n) is 0.674. The van der Waals surface area contributed by atoms with Gasteiger partial charge in [0.1, 0.15) is 12.4 Å². The number of alkyl halides is 2. The van der Waals surface area contributed by atoms with E-state index in [2.05, 4.69) is 9.72 Å². The van der Waals surface area contributed by atoms with Crippen LogP contribution in [-0.4, -0.2) is 18.0 Å². The monoisotopic (exact) mass is 174 g/mol. The Kier molecular flexibility index (Phi) is 2.79. The molecule has 0 saturated heterocycles. The molecular formula is C7H8F2N2O. The van der Waals surface area contributed by atoms with Crippen LogP contribution >= 0.6 is 0 Å². The standard InChI is InChI=1S/C7H8F2N2O/c8-7(9)4-12-6-1-5(10)2-11-3-6/h1-3,7H,4,10H2. The number of pyridine rings is 1. The fourth-order valence-corrected chi connectivity index (χ4v) is 0.674. The van der Waals surface area contributed by atoms with Gasteiger partial charge in [0.15, 0.2) is 0 Å². The summed E-state index contributed by atoms with van der Waals surface area (Å²) in [6.07, 6.45) is 0.264. The quantitative estimate of drug-likeness (QED) is 0.751. The summed E-state index contributed by atoms with van der Waals surface area (Å²) in [5.41, 5.74) is 5.73. The molecule has 3 nitrogen and oxygen atoms in total. The van der Waals surface area contributed by atoms with Crippen molar-refractivity contribution in [2.45, 2.75) is 6.43 Å². The number of rotatable bonds is 3. The van der Waals surface area contributed by atoms with Crippen molar-refractivity contribution in [3.8, 4) is 5.75 Å². The van der Waals surface area contributed by atoms with Crippen molar-refractivity contribution in [2.24, 2.45) is 0 Å². The van der Waals surface area contributed by atoms with Gasteiger partial charge in [-0.1, -0.05) is 0 Å². The first-order chi connectivity index (χ1) is 5.68. The molecule has 1 aromatic heterocycles. The molecule has 0 atom stereocenters. The van der Waals surface area contributed by atoms with Crippen LogP contribution in [0.4, 0.5) is 14.5 Å². The van der Waals surface area contributed by atoms with Crippen molar-refractivity contribution in [1.82, 2.24) is 4.98 Å². The molecule has 0 spiro atoms. The van der Waals surface area contributed by atoms with E-state index in [4.69, 9.17) is 5.73 Å². The van der Waals surface area contributed by atoms with Gasteiger partial charge < -0.3 is 10.5 Å². The van der Waals surface area contributed by atoms with Crippen LogP contribution in [0.3, 0.4) is 0 Å². The lowest BCUT2D eigenvalue weighted by atomic mass is 10.4. The largest absolute Gasteiger partial charge is 0.486 e. The molecule has 0 bridgehead atoms. The summed E-state index contributed by atoms with van der Waals surface area (Å²) in [7, 11) is 0. The zero-order chi connectivity index (χ0) is 8.97. The third-order valence-corrected chi connectivity index (χ3v) is 1.11. The fraction of sp³-hybridized carbons (Fsp3) is 0.286. The Labute approximate surface area is 68.2 Å². The highest BCUT2D eigenvalue weighted by molar-refractivity contribution is 5.39. The second-order valence-corrected chi connectivity index (χ2v) is 2.16. The first kappa shape index (κ1) is 8.70. The van der Waals surface area contributed by atoms with Gasteiger partial charge in [0, 0.05) is 6.07 Å². The van der Waals surface area contributed by atoms with E-state index < -0.39 is 13.0 Å². The highest BCUT2D eigenvalue weighted by atomic mass is 19.3. The van der Waals surface area contributed by atoms with E-state index in [0.717, 1.165) is 0 Å². The van der Waals surface area contributed by atoms with Crippen molar-refractivity contribution in [1.29, 1.82) is 0 Å². The van der Waals surface area contributed by atoms with Crippen LogP contribution in [0, 0.1) is 0 Å². The molecule has 5 heteroatoms. The Hall–Kier alpha value is -1.39. The SMILES string of the molecule is Nc1cncc(OCC(F)F)c1. The number of anilines is 1. The molecule has 0 saturated carbocycles. The van der Waals surface area contributed by atoms with Crippen LogP contribution in [0.25, 0.3) is 0 Å². The van der Waals surface area contributed by atoms with E-state index in [-0.39, 0.29) is 5.75 Å². The average molecular weight is 174 g/mol. The van der Waals surface area contributed by atoms with Gasteiger partial charge in [-0.25, -0.2) is 8.78 Å². The number of nitrogen functional groups attached to an aromatic ring is 1. The van der Waals surface area contributed by atoms with E-state index in [1.807, 2.05) is 0 Å². The van der Waals surface area contributed by atoms with Crippen LogP contribution < -0.4 is 10.5 Å². The minimum Gasteiger partial charge on any atom is -0.486 e. The molecule has 0 radical (unpaired) electrons. The van der Waals surface area contributed by atoms with Gasteiger partial charge in [0.2, 0.25) is 0 Å².